The van der Waals surface area contributed by atoms with Crippen LogP contribution in [0.5, 0.6) is 0 Å². The van der Waals surface area contributed by atoms with Gasteiger partial charge in [0.15, 0.2) is 0 Å². The summed E-state index contributed by atoms with van der Waals surface area (Å²) in [6.45, 7) is -0.000903. The van der Waals surface area contributed by atoms with Crippen LogP contribution >= 0.6 is 0 Å². The van der Waals surface area contributed by atoms with Crippen molar-refractivity contribution >= 4 is 11.6 Å². The van der Waals surface area contributed by atoms with Crippen LogP contribution in [0.2, 0.25) is 0 Å². The third-order valence-corrected chi connectivity index (χ3v) is 2.64. The molecule has 2 rings (SSSR count). The number of nitrogen functional groups attached to an aromatic ring is 1. The molecule has 0 bridgehead atoms. The summed E-state index contributed by atoms with van der Waals surface area (Å²) in [5.41, 5.74) is 0.210. The van der Waals surface area contributed by atoms with E-state index >= 15 is 0 Å². The van der Waals surface area contributed by atoms with Gasteiger partial charge in [0.2, 0.25) is 0 Å². The smallest absolute Gasteiger partial charge is 0.345 e. The quantitative estimate of drug-likeness (QED) is 0.498. The van der Waals surface area contributed by atoms with Gasteiger partial charge in [0, 0.05) is 0 Å². The van der Waals surface area contributed by atoms with Crippen LogP contribution in [0.1, 0.15) is 21.7 Å². The third kappa shape index (κ3) is 3.28. The zero-order valence-corrected chi connectivity index (χ0v) is 10.5. The van der Waals surface area contributed by atoms with Gasteiger partial charge >= 0.3 is 6.18 Å². The van der Waals surface area contributed by atoms with Crippen molar-refractivity contribution < 1.29 is 18.0 Å². The first-order valence-corrected chi connectivity index (χ1v) is 5.72. The number of halogens is 3. The molecule has 1 aromatic carbocycles. The summed E-state index contributed by atoms with van der Waals surface area (Å²) in [6, 6.07) is 3.20. The summed E-state index contributed by atoms with van der Waals surface area (Å²) in [5.74, 6) is 4.77. The van der Waals surface area contributed by atoms with Gasteiger partial charge in [-0.2, -0.15) is 18.3 Å². The minimum atomic E-state index is -4.62. The highest BCUT2D eigenvalue weighted by Gasteiger charge is 2.35. The Morgan fingerprint density at radius 3 is 2.71 bits per heavy atom. The van der Waals surface area contributed by atoms with Crippen molar-refractivity contribution in [3.63, 3.8) is 0 Å². The monoisotopic (exact) mass is 300 g/mol. The second-order valence-corrected chi connectivity index (χ2v) is 3.99. The second kappa shape index (κ2) is 5.79. The fourth-order valence-electron chi connectivity index (χ4n) is 1.71. The number of para-hydroxylation sites is 1. The van der Waals surface area contributed by atoms with Crippen molar-refractivity contribution in [1.82, 2.24) is 20.5 Å². The number of nitrogens with zero attached hydrogens (tertiary/aromatic N) is 2. The average molecular weight is 300 g/mol. The van der Waals surface area contributed by atoms with E-state index < -0.39 is 23.3 Å². The van der Waals surface area contributed by atoms with Gasteiger partial charge in [0.1, 0.15) is 12.2 Å². The van der Waals surface area contributed by atoms with E-state index in [9.17, 15) is 18.0 Å². The number of hydrogen-bond donors (Lipinski definition) is 4. The van der Waals surface area contributed by atoms with Gasteiger partial charge in [-0.05, 0) is 12.1 Å². The predicted molar refractivity (Wildman–Crippen MR) is 66.8 cm³/mol. The molecule has 21 heavy (non-hydrogen) atoms. The van der Waals surface area contributed by atoms with Crippen molar-refractivity contribution in [2.75, 3.05) is 5.43 Å². The highest BCUT2D eigenvalue weighted by atomic mass is 19.4. The molecule has 7 nitrogen and oxygen atoms in total. The summed E-state index contributed by atoms with van der Waals surface area (Å²) in [5, 5.41) is 8.52. The molecule has 0 atom stereocenters. The number of rotatable bonds is 4. The van der Waals surface area contributed by atoms with Gasteiger partial charge < -0.3 is 10.7 Å². The number of nitrogens with two attached hydrogens (primary N) is 1. The number of hydrogen-bond acceptors (Lipinski definition) is 5. The largest absolute Gasteiger partial charge is 0.418 e. The van der Waals surface area contributed by atoms with Gasteiger partial charge in [0.25, 0.3) is 5.91 Å². The van der Waals surface area contributed by atoms with Gasteiger partial charge in [-0.25, -0.2) is 4.98 Å². The standard InChI is InChI=1S/C11H11F3N6O/c12-11(13,14)7-3-1-2-6(9(7)19-15)10(21)16-4-8-17-5-18-20-8/h1-3,5,19H,4,15H2,(H,16,21)(H,17,18,20). The van der Waals surface area contributed by atoms with Crippen molar-refractivity contribution in [2.45, 2.75) is 12.7 Å². The number of anilines is 1. The second-order valence-electron chi connectivity index (χ2n) is 3.99. The summed E-state index contributed by atoms with van der Waals surface area (Å²) in [4.78, 5) is 15.7. The van der Waals surface area contributed by atoms with Gasteiger partial charge in [-0.1, -0.05) is 6.07 Å². The number of carbonyl (C=O) groups is 1. The molecule has 0 aliphatic rings. The average Bonchev–Trinajstić information content (AvgIpc) is 2.96. The lowest BCUT2D eigenvalue weighted by Crippen LogP contribution is -2.26. The first-order valence-electron chi connectivity index (χ1n) is 5.72. The Kier molecular flexibility index (Phi) is 4.08. The summed E-state index contributed by atoms with van der Waals surface area (Å²) < 4.78 is 38.5. The number of aromatic nitrogens is 3. The number of nitrogens with one attached hydrogen (secondary N) is 3. The fourth-order valence-corrected chi connectivity index (χ4v) is 1.71. The predicted octanol–water partition coefficient (Wildman–Crippen LogP) is 1.04. The molecule has 0 spiro atoms. The number of hydrazine groups is 1. The maximum absolute atomic E-state index is 12.8. The molecule has 112 valence electrons. The molecular weight excluding hydrogens is 289 g/mol. The molecular formula is C11H11F3N6O. The fraction of sp³-hybridized carbons (Fsp3) is 0.182. The van der Waals surface area contributed by atoms with Gasteiger partial charge in [-0.15, -0.1) is 0 Å². The van der Waals surface area contributed by atoms with Crippen LogP contribution < -0.4 is 16.6 Å². The molecule has 2 aromatic rings. The molecule has 0 saturated heterocycles. The Morgan fingerprint density at radius 1 is 1.38 bits per heavy atom. The summed E-state index contributed by atoms with van der Waals surface area (Å²) in [6.07, 6.45) is -3.37. The van der Waals surface area contributed by atoms with Gasteiger partial charge in [0.05, 0.1) is 23.4 Å². The third-order valence-electron chi connectivity index (χ3n) is 2.64. The summed E-state index contributed by atoms with van der Waals surface area (Å²) >= 11 is 0. The Morgan fingerprint density at radius 2 is 2.14 bits per heavy atom. The zero-order valence-electron chi connectivity index (χ0n) is 10.5. The maximum Gasteiger partial charge on any atom is 0.418 e. The van der Waals surface area contributed by atoms with Crippen molar-refractivity contribution in [1.29, 1.82) is 0 Å². The lowest BCUT2D eigenvalue weighted by atomic mass is 10.1. The van der Waals surface area contributed by atoms with E-state index in [1.54, 1.807) is 0 Å². The van der Waals surface area contributed by atoms with E-state index in [0.717, 1.165) is 12.1 Å². The van der Waals surface area contributed by atoms with E-state index in [1.165, 1.54) is 12.4 Å². The van der Waals surface area contributed by atoms with E-state index in [2.05, 4.69) is 20.5 Å². The van der Waals surface area contributed by atoms with E-state index in [0.29, 0.717) is 5.82 Å². The molecule has 0 aliphatic carbocycles. The molecule has 0 radical (unpaired) electrons. The molecule has 0 saturated carbocycles. The molecule has 1 amide bonds. The highest BCUT2D eigenvalue weighted by molar-refractivity contribution is 6.00. The number of amides is 1. The van der Waals surface area contributed by atoms with Crippen molar-refractivity contribution in [3.8, 4) is 0 Å². The Balaban J connectivity index is 2.24. The minimum Gasteiger partial charge on any atom is -0.345 e. The Hall–Kier alpha value is -2.62. The first kappa shape index (κ1) is 14.8. The number of benzene rings is 1. The van der Waals surface area contributed by atoms with Crippen LogP contribution in [0, 0.1) is 0 Å². The molecule has 0 unspecified atom stereocenters. The van der Waals surface area contributed by atoms with Crippen LogP contribution in [0.25, 0.3) is 0 Å². The van der Waals surface area contributed by atoms with Crippen molar-refractivity contribution in [3.05, 3.63) is 41.5 Å². The summed E-state index contributed by atoms with van der Waals surface area (Å²) in [7, 11) is 0. The van der Waals surface area contributed by atoms with Crippen LogP contribution in [0.4, 0.5) is 18.9 Å². The number of aromatic amines is 1. The molecule has 1 heterocycles. The molecule has 0 fully saturated rings. The number of H-pyrrole nitrogens is 1. The number of alkyl halides is 3. The molecule has 0 aliphatic heterocycles. The first-order chi connectivity index (χ1) is 9.93. The van der Waals surface area contributed by atoms with E-state index in [1.807, 2.05) is 5.43 Å². The molecule has 1 aromatic heterocycles. The van der Waals surface area contributed by atoms with E-state index in [-0.39, 0.29) is 12.1 Å². The lowest BCUT2D eigenvalue weighted by Gasteiger charge is -2.15. The molecule has 5 N–H and O–H groups in total. The van der Waals surface area contributed by atoms with Crippen LogP contribution in [0.3, 0.4) is 0 Å². The topological polar surface area (TPSA) is 109 Å². The Labute approximate surface area is 116 Å². The van der Waals surface area contributed by atoms with Gasteiger partial charge in [-0.3, -0.25) is 15.7 Å². The highest BCUT2D eigenvalue weighted by Crippen LogP contribution is 2.36. The van der Waals surface area contributed by atoms with E-state index in [4.69, 9.17) is 5.84 Å². The molecule has 10 heteroatoms. The SMILES string of the molecule is NNc1c(C(=O)NCc2ncn[nH]2)cccc1C(F)(F)F. The van der Waals surface area contributed by atoms with Crippen molar-refractivity contribution in [2.24, 2.45) is 5.84 Å². The minimum absolute atomic E-state index is 0.000903. The Bertz CT molecular complexity index is 625. The lowest BCUT2D eigenvalue weighted by molar-refractivity contribution is -0.137. The number of carbonyl (C=O) groups excluding carboxylic acids is 1. The normalized spacial score (nSPS) is 11.2. The van der Waals surface area contributed by atoms with Crippen LogP contribution in [0.15, 0.2) is 24.5 Å². The zero-order chi connectivity index (χ0) is 15.5. The van der Waals surface area contributed by atoms with Crippen LogP contribution in [-0.4, -0.2) is 21.1 Å². The van der Waals surface area contributed by atoms with Crippen LogP contribution in [-0.2, 0) is 12.7 Å². The maximum atomic E-state index is 12.8.